The van der Waals surface area contributed by atoms with Crippen molar-refractivity contribution in [1.82, 2.24) is 10.4 Å². The Hall–Kier alpha value is -1.94. The van der Waals surface area contributed by atoms with Crippen LogP contribution in [0.3, 0.4) is 0 Å². The maximum Gasteiger partial charge on any atom is 0.213 e. The molecule has 0 saturated carbocycles. The third kappa shape index (κ3) is 1.95. The lowest BCUT2D eigenvalue weighted by Gasteiger charge is -2.28. The molecule has 1 N–H and O–H groups in total. The first-order valence-electron chi connectivity index (χ1n) is 5.96. The van der Waals surface area contributed by atoms with Crippen LogP contribution >= 0.6 is 0 Å². The maximum absolute atomic E-state index is 13.1. The van der Waals surface area contributed by atoms with Gasteiger partial charge < -0.3 is 5.01 Å². The normalized spacial score (nSPS) is 14.4. The van der Waals surface area contributed by atoms with Gasteiger partial charge in [0.15, 0.2) is 0 Å². The molecule has 1 aliphatic heterocycles. The maximum atomic E-state index is 13.1. The summed E-state index contributed by atoms with van der Waals surface area (Å²) in [5.74, 6) is -0.447. The van der Waals surface area contributed by atoms with Gasteiger partial charge in [0.2, 0.25) is 5.95 Å². The average molecular weight is 243 g/mol. The highest BCUT2D eigenvalue weighted by Crippen LogP contribution is 2.29. The Morgan fingerprint density at radius 3 is 2.89 bits per heavy atom. The van der Waals surface area contributed by atoms with Crippen LogP contribution in [0.15, 0.2) is 36.5 Å². The topological polar surface area (TPSA) is 28.2 Å². The second-order valence-electron chi connectivity index (χ2n) is 4.43. The van der Waals surface area contributed by atoms with Crippen LogP contribution in [-0.2, 0) is 6.42 Å². The van der Waals surface area contributed by atoms with Crippen LogP contribution in [0, 0.1) is 5.95 Å². The first-order valence-corrected chi connectivity index (χ1v) is 5.96. The molecule has 18 heavy (non-hydrogen) atoms. The number of benzene rings is 1. The van der Waals surface area contributed by atoms with E-state index < -0.39 is 5.95 Å². The van der Waals surface area contributed by atoms with Crippen molar-refractivity contribution in [1.29, 1.82) is 0 Å². The van der Waals surface area contributed by atoms with Crippen LogP contribution in [0.25, 0.3) is 11.1 Å². The number of nitrogens with one attached hydrogen (secondary N) is 1. The Labute approximate surface area is 105 Å². The lowest BCUT2D eigenvalue weighted by molar-refractivity contribution is 0.584. The molecule has 1 aromatic carbocycles. The predicted molar refractivity (Wildman–Crippen MR) is 69.7 cm³/mol. The first-order chi connectivity index (χ1) is 8.74. The minimum atomic E-state index is -0.447. The fraction of sp³-hybridized carbons (Fsp3) is 0.214. The zero-order chi connectivity index (χ0) is 12.5. The monoisotopic (exact) mass is 243 g/mol. The number of hydrogen-bond donors (Lipinski definition) is 1. The molecular weight excluding hydrogens is 229 g/mol. The van der Waals surface area contributed by atoms with Gasteiger partial charge in [0.25, 0.3) is 0 Å². The highest BCUT2D eigenvalue weighted by molar-refractivity contribution is 5.70. The van der Waals surface area contributed by atoms with Crippen molar-refractivity contribution >= 4 is 5.69 Å². The van der Waals surface area contributed by atoms with Gasteiger partial charge in [-0.15, -0.1) is 0 Å². The lowest BCUT2D eigenvalue weighted by atomic mass is 10.0. The quantitative estimate of drug-likeness (QED) is 0.779. The standard InChI is InChI=1S/C14H14FN3/c1-18-13-8-11(3-2-10(13)5-7-17-18)12-4-6-16-14(15)9-12/h2-4,6,8-9,17H,5,7H2,1H3. The molecular formula is C14H14FN3. The van der Waals surface area contributed by atoms with Crippen LogP contribution in [0.5, 0.6) is 0 Å². The zero-order valence-electron chi connectivity index (χ0n) is 10.2. The molecule has 3 nitrogen and oxygen atoms in total. The Morgan fingerprint density at radius 1 is 1.22 bits per heavy atom. The number of fused-ring (bicyclic) bond motifs is 1. The number of aromatic nitrogens is 1. The van der Waals surface area contributed by atoms with E-state index in [0.717, 1.165) is 29.8 Å². The number of rotatable bonds is 1. The number of hydrogen-bond acceptors (Lipinski definition) is 3. The van der Waals surface area contributed by atoms with E-state index in [1.165, 1.54) is 17.8 Å². The van der Waals surface area contributed by atoms with Gasteiger partial charge in [0, 0.05) is 25.9 Å². The summed E-state index contributed by atoms with van der Waals surface area (Å²) < 4.78 is 13.1. The van der Waals surface area contributed by atoms with E-state index in [-0.39, 0.29) is 0 Å². The zero-order valence-corrected chi connectivity index (χ0v) is 10.2. The molecule has 0 atom stereocenters. The van der Waals surface area contributed by atoms with Crippen LogP contribution in [0.1, 0.15) is 5.56 Å². The minimum absolute atomic E-state index is 0.447. The van der Waals surface area contributed by atoms with Gasteiger partial charge >= 0.3 is 0 Å². The van der Waals surface area contributed by atoms with Crippen molar-refractivity contribution in [2.75, 3.05) is 18.6 Å². The Bertz CT molecular complexity index is 583. The summed E-state index contributed by atoms with van der Waals surface area (Å²) in [5, 5.41) is 2.01. The number of pyridine rings is 1. The molecule has 0 saturated heterocycles. The average Bonchev–Trinajstić information content (AvgIpc) is 2.39. The smallest absolute Gasteiger partial charge is 0.213 e. The van der Waals surface area contributed by atoms with E-state index in [1.54, 1.807) is 0 Å². The van der Waals surface area contributed by atoms with Gasteiger partial charge in [0.05, 0.1) is 5.69 Å². The number of nitrogens with zero attached hydrogens (tertiary/aromatic N) is 2. The van der Waals surface area contributed by atoms with Crippen molar-refractivity contribution in [2.24, 2.45) is 0 Å². The fourth-order valence-electron chi connectivity index (χ4n) is 2.29. The highest BCUT2D eigenvalue weighted by Gasteiger charge is 2.13. The number of halogens is 1. The van der Waals surface area contributed by atoms with E-state index in [2.05, 4.69) is 22.5 Å². The molecule has 0 fully saturated rings. The fourth-order valence-corrected chi connectivity index (χ4v) is 2.29. The van der Waals surface area contributed by atoms with Crippen molar-refractivity contribution < 1.29 is 4.39 Å². The molecule has 0 radical (unpaired) electrons. The largest absolute Gasteiger partial charge is 0.311 e. The molecule has 0 bridgehead atoms. The molecule has 2 aromatic rings. The van der Waals surface area contributed by atoms with Gasteiger partial charge in [0.1, 0.15) is 0 Å². The molecule has 92 valence electrons. The number of anilines is 1. The molecule has 2 heterocycles. The van der Waals surface area contributed by atoms with Crippen molar-refractivity contribution in [2.45, 2.75) is 6.42 Å². The summed E-state index contributed by atoms with van der Waals surface area (Å²) in [6, 6.07) is 9.50. The van der Waals surface area contributed by atoms with Gasteiger partial charge in [-0.3, -0.25) is 0 Å². The summed E-state index contributed by atoms with van der Waals surface area (Å²) in [7, 11) is 1.99. The Morgan fingerprint density at radius 2 is 2.06 bits per heavy atom. The van der Waals surface area contributed by atoms with Crippen molar-refractivity contribution in [3.8, 4) is 11.1 Å². The third-order valence-corrected chi connectivity index (χ3v) is 3.25. The molecule has 4 heteroatoms. The van der Waals surface area contributed by atoms with Gasteiger partial charge in [-0.25, -0.2) is 10.4 Å². The van der Waals surface area contributed by atoms with Crippen molar-refractivity contribution in [3.05, 3.63) is 48.0 Å². The minimum Gasteiger partial charge on any atom is -0.311 e. The van der Waals surface area contributed by atoms with Crippen LogP contribution in [0.4, 0.5) is 10.1 Å². The van der Waals surface area contributed by atoms with E-state index in [0.29, 0.717) is 0 Å². The van der Waals surface area contributed by atoms with Gasteiger partial charge in [-0.2, -0.15) is 4.39 Å². The third-order valence-electron chi connectivity index (χ3n) is 3.25. The summed E-state index contributed by atoms with van der Waals surface area (Å²) in [6.07, 6.45) is 2.51. The number of hydrazine groups is 1. The van der Waals surface area contributed by atoms with E-state index in [4.69, 9.17) is 0 Å². The molecule has 0 amide bonds. The van der Waals surface area contributed by atoms with E-state index in [1.807, 2.05) is 24.2 Å². The molecule has 0 spiro atoms. The summed E-state index contributed by atoms with van der Waals surface area (Å²) >= 11 is 0. The van der Waals surface area contributed by atoms with Crippen LogP contribution in [-0.4, -0.2) is 18.6 Å². The molecule has 1 aromatic heterocycles. The lowest BCUT2D eigenvalue weighted by Crippen LogP contribution is -2.40. The summed E-state index contributed by atoms with van der Waals surface area (Å²) in [5.41, 5.74) is 7.59. The van der Waals surface area contributed by atoms with Crippen molar-refractivity contribution in [3.63, 3.8) is 0 Å². The Kier molecular flexibility index (Phi) is 2.72. The summed E-state index contributed by atoms with van der Waals surface area (Å²) in [6.45, 7) is 0.951. The molecule has 0 aliphatic carbocycles. The molecule has 0 unspecified atom stereocenters. The van der Waals surface area contributed by atoms with E-state index in [9.17, 15) is 4.39 Å². The Balaban J connectivity index is 2.06. The summed E-state index contributed by atoms with van der Waals surface area (Å²) in [4.78, 5) is 3.58. The SMILES string of the molecule is CN1NCCc2ccc(-c3ccnc(F)c3)cc21. The van der Waals surface area contributed by atoms with Gasteiger partial charge in [-0.05, 0) is 35.2 Å². The highest BCUT2D eigenvalue weighted by atomic mass is 19.1. The second kappa shape index (κ2) is 4.38. The molecule has 1 aliphatic rings. The molecule has 3 rings (SSSR count). The van der Waals surface area contributed by atoms with Gasteiger partial charge in [-0.1, -0.05) is 12.1 Å². The first kappa shape index (κ1) is 11.2. The predicted octanol–water partition coefficient (Wildman–Crippen LogP) is 2.38. The second-order valence-corrected chi connectivity index (χ2v) is 4.43. The van der Waals surface area contributed by atoms with Crippen LogP contribution in [0.2, 0.25) is 0 Å². The van der Waals surface area contributed by atoms with Crippen LogP contribution < -0.4 is 10.4 Å². The van der Waals surface area contributed by atoms with E-state index >= 15 is 0 Å².